The fourth-order valence-electron chi connectivity index (χ4n) is 4.17. The molecule has 2 nitrogen and oxygen atoms in total. The molecule has 0 bridgehead atoms. The highest BCUT2D eigenvalue weighted by molar-refractivity contribution is 5.66. The Morgan fingerprint density at radius 3 is 2.47 bits per heavy atom. The molecule has 0 aromatic carbocycles. The first-order valence-electron chi connectivity index (χ1n) is 8.23. The molecule has 0 aromatic heterocycles. The second kappa shape index (κ2) is 6.76. The van der Waals surface area contributed by atoms with Crippen LogP contribution in [0.1, 0.15) is 72.1 Å². The van der Waals surface area contributed by atoms with E-state index in [1.165, 1.54) is 44.9 Å². The summed E-state index contributed by atoms with van der Waals surface area (Å²) in [4.78, 5) is 11.1. The van der Waals surface area contributed by atoms with Gasteiger partial charge in [-0.2, -0.15) is 0 Å². The Bertz CT molecular complexity index is 292. The average Bonchev–Trinajstić information content (AvgIpc) is 2.76. The van der Waals surface area contributed by atoms with Gasteiger partial charge in [0.1, 0.15) is 6.10 Å². The highest BCUT2D eigenvalue weighted by Crippen LogP contribution is 2.39. The smallest absolute Gasteiger partial charge is 0.302 e. The molecular weight excluding hydrogens is 236 g/mol. The van der Waals surface area contributed by atoms with E-state index in [0.29, 0.717) is 5.92 Å². The number of esters is 1. The molecule has 2 heteroatoms. The maximum absolute atomic E-state index is 11.1. The third-order valence-electron chi connectivity index (χ3n) is 5.45. The zero-order chi connectivity index (χ0) is 13.8. The molecule has 0 heterocycles. The van der Waals surface area contributed by atoms with Crippen molar-refractivity contribution in [2.45, 2.75) is 78.2 Å². The van der Waals surface area contributed by atoms with E-state index in [0.717, 1.165) is 24.2 Å². The maximum Gasteiger partial charge on any atom is 0.302 e. The Hall–Kier alpha value is -0.530. The number of rotatable bonds is 4. The fourth-order valence-corrected chi connectivity index (χ4v) is 4.17. The number of carbonyl (C=O) groups excluding carboxylic acids is 1. The summed E-state index contributed by atoms with van der Waals surface area (Å²) in [5, 5.41) is 0. The molecule has 2 aliphatic carbocycles. The van der Waals surface area contributed by atoms with Gasteiger partial charge >= 0.3 is 5.97 Å². The monoisotopic (exact) mass is 266 g/mol. The topological polar surface area (TPSA) is 26.3 Å². The Morgan fingerprint density at radius 1 is 1.16 bits per heavy atom. The van der Waals surface area contributed by atoms with E-state index >= 15 is 0 Å². The minimum atomic E-state index is -0.101. The van der Waals surface area contributed by atoms with Gasteiger partial charge in [0.15, 0.2) is 0 Å². The van der Waals surface area contributed by atoms with Gasteiger partial charge in [0.2, 0.25) is 0 Å². The van der Waals surface area contributed by atoms with Crippen molar-refractivity contribution in [1.82, 2.24) is 0 Å². The summed E-state index contributed by atoms with van der Waals surface area (Å²) in [6.07, 6.45) is 10.7. The molecule has 0 aromatic rings. The first kappa shape index (κ1) is 14.9. The Balaban J connectivity index is 1.80. The Labute approximate surface area is 118 Å². The summed E-state index contributed by atoms with van der Waals surface area (Å²) in [6.45, 7) is 6.35. The second-order valence-electron chi connectivity index (χ2n) is 7.07. The van der Waals surface area contributed by atoms with Crippen LogP contribution in [0.3, 0.4) is 0 Å². The van der Waals surface area contributed by atoms with Gasteiger partial charge in [0.25, 0.3) is 0 Å². The van der Waals surface area contributed by atoms with Crippen molar-refractivity contribution in [1.29, 1.82) is 0 Å². The van der Waals surface area contributed by atoms with Crippen molar-refractivity contribution < 1.29 is 9.53 Å². The van der Waals surface area contributed by atoms with Gasteiger partial charge in [-0.15, -0.1) is 0 Å². The molecule has 2 aliphatic rings. The Kier molecular flexibility index (Phi) is 5.29. The van der Waals surface area contributed by atoms with Crippen molar-refractivity contribution in [2.75, 3.05) is 0 Å². The normalized spacial score (nSPS) is 37.0. The summed E-state index contributed by atoms with van der Waals surface area (Å²) in [7, 11) is 0. The van der Waals surface area contributed by atoms with E-state index in [1.54, 1.807) is 6.92 Å². The van der Waals surface area contributed by atoms with Gasteiger partial charge < -0.3 is 4.74 Å². The van der Waals surface area contributed by atoms with Crippen molar-refractivity contribution in [3.8, 4) is 0 Å². The van der Waals surface area contributed by atoms with Crippen molar-refractivity contribution in [3.05, 3.63) is 0 Å². The standard InChI is InChI=1S/C17H30O2/c1-12-7-9-15(10-8-12)13(2)11-16-5-4-6-17(16)19-14(3)18/h12-13,15-17H,4-11H2,1-3H3/t12?,13-,15?,16+,17+/m1/s1. The quantitative estimate of drug-likeness (QED) is 0.697. The molecule has 0 amide bonds. The summed E-state index contributed by atoms with van der Waals surface area (Å²) in [5.74, 6) is 3.17. The third kappa shape index (κ3) is 4.22. The largest absolute Gasteiger partial charge is 0.462 e. The van der Waals surface area contributed by atoms with Crippen LogP contribution in [-0.2, 0) is 9.53 Å². The predicted molar refractivity (Wildman–Crippen MR) is 77.8 cm³/mol. The van der Waals surface area contributed by atoms with E-state index in [1.807, 2.05) is 0 Å². The molecule has 3 atom stereocenters. The molecule has 0 radical (unpaired) electrons. The van der Waals surface area contributed by atoms with Crippen LogP contribution in [0.15, 0.2) is 0 Å². The number of ether oxygens (including phenoxy) is 1. The van der Waals surface area contributed by atoms with Crippen LogP contribution in [0.4, 0.5) is 0 Å². The van der Waals surface area contributed by atoms with Gasteiger partial charge in [0.05, 0.1) is 0 Å². The molecule has 0 N–H and O–H groups in total. The van der Waals surface area contributed by atoms with Crippen molar-refractivity contribution >= 4 is 5.97 Å². The van der Waals surface area contributed by atoms with Gasteiger partial charge in [0, 0.05) is 6.92 Å². The molecule has 0 spiro atoms. The molecule has 2 fully saturated rings. The number of hydrogen-bond donors (Lipinski definition) is 0. The zero-order valence-corrected chi connectivity index (χ0v) is 12.9. The number of hydrogen-bond acceptors (Lipinski definition) is 2. The SMILES string of the molecule is CC(=O)O[C@H]1CCC[C@H]1C[C@@H](C)C1CCC(C)CC1. The molecule has 2 saturated carbocycles. The lowest BCUT2D eigenvalue weighted by atomic mass is 9.74. The molecule has 19 heavy (non-hydrogen) atoms. The van der Waals surface area contributed by atoms with Gasteiger partial charge in [-0.3, -0.25) is 4.79 Å². The van der Waals surface area contributed by atoms with E-state index < -0.39 is 0 Å². The van der Waals surface area contributed by atoms with E-state index in [9.17, 15) is 4.79 Å². The first-order chi connectivity index (χ1) is 9.06. The van der Waals surface area contributed by atoms with Crippen LogP contribution < -0.4 is 0 Å². The second-order valence-corrected chi connectivity index (χ2v) is 7.07. The number of carbonyl (C=O) groups is 1. The molecule has 110 valence electrons. The summed E-state index contributed by atoms with van der Waals surface area (Å²) < 4.78 is 5.49. The van der Waals surface area contributed by atoms with E-state index in [4.69, 9.17) is 4.74 Å². The van der Waals surface area contributed by atoms with Gasteiger partial charge in [-0.25, -0.2) is 0 Å². The highest BCUT2D eigenvalue weighted by Gasteiger charge is 2.33. The van der Waals surface area contributed by atoms with Crippen LogP contribution in [-0.4, -0.2) is 12.1 Å². The van der Waals surface area contributed by atoms with E-state index in [-0.39, 0.29) is 12.1 Å². The lowest BCUT2D eigenvalue weighted by molar-refractivity contribution is -0.148. The lowest BCUT2D eigenvalue weighted by Gasteiger charge is -2.33. The van der Waals surface area contributed by atoms with Crippen LogP contribution >= 0.6 is 0 Å². The van der Waals surface area contributed by atoms with Crippen LogP contribution in [0.25, 0.3) is 0 Å². The van der Waals surface area contributed by atoms with Crippen molar-refractivity contribution in [3.63, 3.8) is 0 Å². The van der Waals surface area contributed by atoms with Crippen molar-refractivity contribution in [2.24, 2.45) is 23.7 Å². The highest BCUT2D eigenvalue weighted by atomic mass is 16.5. The maximum atomic E-state index is 11.1. The summed E-state index contributed by atoms with van der Waals surface area (Å²) in [6, 6.07) is 0. The molecular formula is C17H30O2. The average molecular weight is 266 g/mol. The minimum absolute atomic E-state index is 0.101. The molecule has 0 unspecified atom stereocenters. The van der Waals surface area contributed by atoms with E-state index in [2.05, 4.69) is 13.8 Å². The zero-order valence-electron chi connectivity index (χ0n) is 12.9. The molecule has 2 rings (SSSR count). The Morgan fingerprint density at radius 2 is 1.84 bits per heavy atom. The van der Waals surface area contributed by atoms with Crippen LogP contribution in [0, 0.1) is 23.7 Å². The van der Waals surface area contributed by atoms with Gasteiger partial charge in [-0.05, 0) is 62.2 Å². The molecule has 0 aliphatic heterocycles. The van der Waals surface area contributed by atoms with Crippen LogP contribution in [0.5, 0.6) is 0 Å². The van der Waals surface area contributed by atoms with Gasteiger partial charge in [-0.1, -0.05) is 26.7 Å². The van der Waals surface area contributed by atoms with Crippen LogP contribution in [0.2, 0.25) is 0 Å². The summed E-state index contributed by atoms with van der Waals surface area (Å²) in [5.41, 5.74) is 0. The first-order valence-corrected chi connectivity index (χ1v) is 8.23. The fraction of sp³-hybridized carbons (Fsp3) is 0.941. The lowest BCUT2D eigenvalue weighted by Crippen LogP contribution is -2.26. The summed E-state index contributed by atoms with van der Waals surface area (Å²) >= 11 is 0. The molecule has 0 saturated heterocycles. The third-order valence-corrected chi connectivity index (χ3v) is 5.45. The predicted octanol–water partition coefficient (Wildman–Crippen LogP) is 4.57. The minimum Gasteiger partial charge on any atom is -0.462 e.